The maximum absolute atomic E-state index is 14.1. The summed E-state index contributed by atoms with van der Waals surface area (Å²) in [6, 6.07) is 6.14. The summed E-state index contributed by atoms with van der Waals surface area (Å²) in [4.78, 5) is 36.0. The van der Waals surface area contributed by atoms with E-state index in [0.717, 1.165) is 6.07 Å². The Labute approximate surface area is 318 Å². The summed E-state index contributed by atoms with van der Waals surface area (Å²) < 4.78 is 88.2. The number of nitrogens with zero attached hydrogens (tertiary/aromatic N) is 8. The molecule has 5 rings (SSSR count). The van der Waals surface area contributed by atoms with Crippen molar-refractivity contribution in [1.82, 2.24) is 30.6 Å². The number of aliphatic hydroxyl groups is 1. The van der Waals surface area contributed by atoms with Gasteiger partial charge < -0.3 is 30.0 Å². The van der Waals surface area contributed by atoms with Crippen molar-refractivity contribution in [3.63, 3.8) is 0 Å². The molecule has 16 nitrogen and oxygen atoms in total. The molecule has 3 heterocycles. The molecule has 4 aromatic rings. The Morgan fingerprint density at radius 1 is 0.982 bits per heavy atom. The van der Waals surface area contributed by atoms with Gasteiger partial charge in [-0.15, -0.1) is 5.10 Å². The van der Waals surface area contributed by atoms with Gasteiger partial charge in [-0.25, -0.2) is 26.6 Å². The van der Waals surface area contributed by atoms with Crippen LogP contribution in [0.15, 0.2) is 70.3 Å². The number of Topliss-reactive ketones (excluding diaryl/α,β-unsaturated/α-hetero) is 1. The lowest BCUT2D eigenvalue weighted by Crippen LogP contribution is -2.36. The number of azide groups is 1. The lowest BCUT2D eigenvalue weighted by atomic mass is 9.92. The fraction of sp³-hybridized carbons (Fsp3) is 0.294. The van der Waals surface area contributed by atoms with Gasteiger partial charge in [0, 0.05) is 45.6 Å². The Morgan fingerprint density at radius 3 is 2.38 bits per heavy atom. The van der Waals surface area contributed by atoms with Crippen molar-refractivity contribution in [3.8, 4) is 0 Å². The van der Waals surface area contributed by atoms with E-state index in [-0.39, 0.29) is 56.8 Å². The maximum Gasteiger partial charge on any atom is 0.257 e. The molecular formula is C34H30ClF5N10O6. The molecule has 0 spiro atoms. The predicted octanol–water partition coefficient (Wildman–Crippen LogP) is 4.55. The zero-order chi connectivity index (χ0) is 40.2. The predicted molar refractivity (Wildman–Crippen MR) is 186 cm³/mol. The second-order valence-corrected chi connectivity index (χ2v) is 11.9. The summed E-state index contributed by atoms with van der Waals surface area (Å²) in [6.45, 7) is -0.728. The Balaban J connectivity index is 1.07. The molecule has 2 aromatic heterocycles. The van der Waals surface area contributed by atoms with Crippen LogP contribution in [-0.4, -0.2) is 88.8 Å². The second-order valence-electron chi connectivity index (χ2n) is 11.5. The van der Waals surface area contributed by atoms with Crippen molar-refractivity contribution in [1.29, 1.82) is 0 Å². The number of ketones is 1. The third-order valence-electron chi connectivity index (χ3n) is 7.84. The van der Waals surface area contributed by atoms with Crippen LogP contribution >= 0.6 is 11.6 Å². The van der Waals surface area contributed by atoms with E-state index >= 15 is 0 Å². The molecule has 56 heavy (non-hydrogen) atoms. The first-order valence-corrected chi connectivity index (χ1v) is 16.8. The molecule has 0 radical (unpaired) electrons. The monoisotopic (exact) mass is 804 g/mol. The van der Waals surface area contributed by atoms with Gasteiger partial charge in [0.15, 0.2) is 29.1 Å². The average Bonchev–Trinajstić information content (AvgIpc) is 3.65. The Kier molecular flexibility index (Phi) is 14.5. The van der Waals surface area contributed by atoms with Gasteiger partial charge in [0.1, 0.15) is 41.2 Å². The Bertz CT molecular complexity index is 2160. The van der Waals surface area contributed by atoms with E-state index in [0.29, 0.717) is 34.9 Å². The molecule has 0 fully saturated rings. The average molecular weight is 805 g/mol. The SMILES string of the molecule is [N-]=[N+]=Nc1c(F)c(F)c(C(=O)NCCOCCOCCn2cc(COCC3=C(C(=O)CO)C(c4ccc(F)cc4Cl)N=C(c4ccncc4)N3)nn2)c(F)c1F. The molecule has 1 amide bonds. The molecular weight excluding hydrogens is 775 g/mol. The smallest absolute Gasteiger partial charge is 0.257 e. The largest absolute Gasteiger partial charge is 0.388 e. The lowest BCUT2D eigenvalue weighted by molar-refractivity contribution is -0.118. The molecule has 0 saturated carbocycles. The van der Waals surface area contributed by atoms with E-state index in [2.05, 4.69) is 40.9 Å². The number of halogens is 6. The molecule has 0 aliphatic carbocycles. The molecule has 0 saturated heterocycles. The maximum atomic E-state index is 14.1. The van der Waals surface area contributed by atoms with Crippen LogP contribution in [0.25, 0.3) is 10.4 Å². The highest BCUT2D eigenvalue weighted by atomic mass is 35.5. The fourth-order valence-electron chi connectivity index (χ4n) is 5.25. The summed E-state index contributed by atoms with van der Waals surface area (Å²) in [5, 5.41) is 25.7. The van der Waals surface area contributed by atoms with E-state index in [1.54, 1.807) is 30.7 Å². The summed E-state index contributed by atoms with van der Waals surface area (Å²) in [7, 11) is 0. The van der Waals surface area contributed by atoms with Gasteiger partial charge in [0.25, 0.3) is 5.91 Å². The lowest BCUT2D eigenvalue weighted by Gasteiger charge is -2.28. The summed E-state index contributed by atoms with van der Waals surface area (Å²) in [5.74, 6) is -10.3. The molecule has 1 aliphatic heterocycles. The third-order valence-corrected chi connectivity index (χ3v) is 8.17. The van der Waals surface area contributed by atoms with Gasteiger partial charge >= 0.3 is 0 Å². The number of rotatable bonds is 19. The highest BCUT2D eigenvalue weighted by Gasteiger charge is 2.32. The summed E-state index contributed by atoms with van der Waals surface area (Å²) in [5.41, 5.74) is 7.07. The zero-order valence-electron chi connectivity index (χ0n) is 28.9. The number of hydrogen-bond acceptors (Lipinski definition) is 12. The van der Waals surface area contributed by atoms with Gasteiger partial charge in [-0.3, -0.25) is 19.6 Å². The topological polar surface area (TPSA) is 211 Å². The van der Waals surface area contributed by atoms with Crippen molar-refractivity contribution >= 4 is 34.8 Å². The number of benzene rings is 2. The van der Waals surface area contributed by atoms with Crippen molar-refractivity contribution in [2.24, 2.45) is 10.1 Å². The number of hydrogen-bond donors (Lipinski definition) is 3. The van der Waals surface area contributed by atoms with E-state index in [4.69, 9.17) is 31.3 Å². The van der Waals surface area contributed by atoms with Crippen LogP contribution in [0, 0.1) is 29.1 Å². The zero-order valence-corrected chi connectivity index (χ0v) is 29.6. The number of ether oxygens (including phenoxy) is 3. The Hall–Kier alpha value is -5.83. The van der Waals surface area contributed by atoms with Crippen molar-refractivity contribution in [3.05, 3.63) is 127 Å². The van der Waals surface area contributed by atoms with E-state index < -0.39 is 64.7 Å². The number of carbonyl (C=O) groups is 2. The number of nitrogens with one attached hydrogen (secondary N) is 2. The summed E-state index contributed by atoms with van der Waals surface area (Å²) >= 11 is 6.38. The van der Waals surface area contributed by atoms with Gasteiger partial charge in [-0.05, 0) is 29.8 Å². The van der Waals surface area contributed by atoms with Crippen molar-refractivity contribution in [2.45, 2.75) is 19.2 Å². The third kappa shape index (κ3) is 10.1. The molecule has 2 aromatic carbocycles. The van der Waals surface area contributed by atoms with Crippen molar-refractivity contribution < 1.29 is 50.9 Å². The molecule has 0 bridgehead atoms. The fourth-order valence-corrected chi connectivity index (χ4v) is 5.53. The molecule has 3 N–H and O–H groups in total. The van der Waals surface area contributed by atoms with E-state index in [1.807, 2.05) is 0 Å². The van der Waals surface area contributed by atoms with Crippen LogP contribution in [0.4, 0.5) is 27.6 Å². The molecule has 22 heteroatoms. The number of amidine groups is 1. The quantitative estimate of drug-likeness (QED) is 0.0301. The minimum atomic E-state index is -2.01. The standard InChI is InChI=1S/C34H30ClF5N10O6/c35-22-13-19(36)1-2-21(22)31-25(24(52)15-51)23(44-33(45-31)18-3-5-42-6-4-18)17-56-16-20-14-50(49-46-20)8-10-55-12-11-54-9-7-43-34(53)26-27(37)29(39)32(47-48-41)30(40)28(26)38/h1-6,13-14,31,51H,7-12,15-17H2,(H,43,53)(H,44,45). The Morgan fingerprint density at radius 2 is 1.70 bits per heavy atom. The van der Waals surface area contributed by atoms with Crippen molar-refractivity contribution in [2.75, 3.05) is 46.2 Å². The minimum absolute atomic E-state index is 0.0229. The van der Waals surface area contributed by atoms with Gasteiger partial charge in [-0.2, -0.15) is 0 Å². The van der Waals surface area contributed by atoms with Gasteiger partial charge in [-0.1, -0.05) is 28.0 Å². The molecule has 1 aliphatic rings. The number of aliphatic imine (C=N–C) groups is 1. The van der Waals surface area contributed by atoms with Gasteiger partial charge in [0.2, 0.25) is 0 Å². The molecule has 1 atom stereocenters. The molecule has 1 unspecified atom stereocenters. The number of carbonyl (C=O) groups excluding carboxylic acids is 2. The van der Waals surface area contributed by atoms with Crippen LogP contribution in [0.3, 0.4) is 0 Å². The van der Waals surface area contributed by atoms with E-state index in [1.165, 1.54) is 16.8 Å². The van der Waals surface area contributed by atoms with Gasteiger partial charge in [0.05, 0.1) is 58.1 Å². The normalized spacial score (nSPS) is 13.9. The number of aromatic nitrogens is 4. The molecule has 294 valence electrons. The second kappa shape index (κ2) is 19.7. The van der Waals surface area contributed by atoms with Crippen LogP contribution in [0.5, 0.6) is 0 Å². The van der Waals surface area contributed by atoms with Crippen LogP contribution in [0.2, 0.25) is 5.02 Å². The van der Waals surface area contributed by atoms with E-state index in [9.17, 15) is 36.6 Å². The number of amides is 1. The van der Waals surface area contributed by atoms with Crippen LogP contribution in [0.1, 0.15) is 33.2 Å². The first-order valence-electron chi connectivity index (χ1n) is 16.4. The van der Waals surface area contributed by atoms with Crippen LogP contribution < -0.4 is 10.6 Å². The first kappa shape index (κ1) is 41.3. The first-order chi connectivity index (χ1) is 27.0. The number of aliphatic hydroxyl groups excluding tert-OH is 1. The van der Waals surface area contributed by atoms with Crippen LogP contribution in [-0.2, 0) is 32.2 Å². The highest BCUT2D eigenvalue weighted by molar-refractivity contribution is 6.31. The minimum Gasteiger partial charge on any atom is -0.388 e. The number of pyridine rings is 1. The highest BCUT2D eigenvalue weighted by Crippen LogP contribution is 2.36. The summed E-state index contributed by atoms with van der Waals surface area (Å²) in [6.07, 6.45) is 4.74.